The summed E-state index contributed by atoms with van der Waals surface area (Å²) in [4.78, 5) is 20.7. The van der Waals surface area contributed by atoms with Crippen LogP contribution in [0, 0.1) is 0 Å². The third kappa shape index (κ3) is 4.06. The van der Waals surface area contributed by atoms with Crippen molar-refractivity contribution < 1.29 is 14.3 Å². The molecule has 0 radical (unpaired) electrons. The Morgan fingerprint density at radius 1 is 1.25 bits per heavy atom. The molecule has 1 fully saturated rings. The van der Waals surface area contributed by atoms with Gasteiger partial charge < -0.3 is 20.1 Å². The molecule has 3 rings (SSSR count). The van der Waals surface area contributed by atoms with Crippen LogP contribution in [0.25, 0.3) is 0 Å². The number of nitrogens with zero attached hydrogens (tertiary/aromatic N) is 2. The van der Waals surface area contributed by atoms with Crippen molar-refractivity contribution >= 4 is 17.5 Å². The van der Waals surface area contributed by atoms with Crippen LogP contribution in [0.15, 0.2) is 42.7 Å². The van der Waals surface area contributed by atoms with E-state index < -0.39 is 0 Å². The van der Waals surface area contributed by atoms with E-state index in [2.05, 4.69) is 20.6 Å². The molecule has 1 aromatic carbocycles. The van der Waals surface area contributed by atoms with Crippen LogP contribution in [-0.4, -0.2) is 48.3 Å². The van der Waals surface area contributed by atoms with Crippen LogP contribution in [0.5, 0.6) is 0 Å². The SMILES string of the molecule is CO[C@@H]1COCC[C@H]1NC(=O)c1cnc(Nc2ccccc2)nc1. The molecule has 1 aromatic heterocycles. The van der Waals surface area contributed by atoms with Crippen molar-refractivity contribution in [3.63, 3.8) is 0 Å². The van der Waals surface area contributed by atoms with E-state index in [1.54, 1.807) is 7.11 Å². The number of amides is 1. The molecule has 0 aliphatic carbocycles. The van der Waals surface area contributed by atoms with Gasteiger partial charge in [-0.1, -0.05) is 18.2 Å². The lowest BCUT2D eigenvalue weighted by Crippen LogP contribution is -2.49. The Labute approximate surface area is 140 Å². The predicted molar refractivity (Wildman–Crippen MR) is 89.2 cm³/mol. The lowest BCUT2D eigenvalue weighted by molar-refractivity contribution is -0.0479. The standard InChI is InChI=1S/C17H20N4O3/c1-23-15-11-24-8-7-14(15)21-16(22)12-9-18-17(19-10-12)20-13-5-3-2-4-6-13/h2-6,9-10,14-15H,7-8,11H2,1H3,(H,21,22)(H,18,19,20)/t14-,15-/m1/s1. The molecule has 1 aliphatic rings. The van der Waals surface area contributed by atoms with Crippen molar-refractivity contribution in [1.82, 2.24) is 15.3 Å². The van der Waals surface area contributed by atoms with Gasteiger partial charge >= 0.3 is 0 Å². The first-order valence-electron chi connectivity index (χ1n) is 7.82. The number of carbonyl (C=O) groups is 1. The van der Waals surface area contributed by atoms with Gasteiger partial charge in [0, 0.05) is 31.8 Å². The third-order valence-corrected chi connectivity index (χ3v) is 3.87. The molecule has 2 atom stereocenters. The molecular formula is C17H20N4O3. The smallest absolute Gasteiger partial charge is 0.254 e. The number of benzene rings is 1. The van der Waals surface area contributed by atoms with Crippen LogP contribution in [0.3, 0.4) is 0 Å². The molecule has 0 unspecified atom stereocenters. The van der Waals surface area contributed by atoms with Crippen molar-refractivity contribution in [3.05, 3.63) is 48.3 Å². The van der Waals surface area contributed by atoms with Crippen LogP contribution >= 0.6 is 0 Å². The molecule has 1 saturated heterocycles. The minimum Gasteiger partial charge on any atom is -0.379 e. The van der Waals surface area contributed by atoms with Crippen molar-refractivity contribution in [2.75, 3.05) is 25.6 Å². The monoisotopic (exact) mass is 328 g/mol. The Morgan fingerprint density at radius 3 is 2.71 bits per heavy atom. The van der Waals surface area contributed by atoms with Gasteiger partial charge in [0.05, 0.1) is 18.2 Å². The topological polar surface area (TPSA) is 85.4 Å². The number of nitrogens with one attached hydrogen (secondary N) is 2. The highest BCUT2D eigenvalue weighted by atomic mass is 16.5. The molecule has 1 amide bonds. The summed E-state index contributed by atoms with van der Waals surface area (Å²) in [6, 6.07) is 9.54. The van der Waals surface area contributed by atoms with E-state index in [-0.39, 0.29) is 18.1 Å². The number of methoxy groups -OCH3 is 1. The number of ether oxygens (including phenoxy) is 2. The summed E-state index contributed by atoms with van der Waals surface area (Å²) in [5, 5.41) is 6.04. The van der Waals surface area contributed by atoms with Crippen molar-refractivity contribution in [1.29, 1.82) is 0 Å². The number of rotatable bonds is 5. The van der Waals surface area contributed by atoms with Crippen molar-refractivity contribution in [2.45, 2.75) is 18.6 Å². The van der Waals surface area contributed by atoms with Gasteiger partial charge in [0.2, 0.25) is 5.95 Å². The second-order valence-electron chi connectivity index (χ2n) is 5.50. The number of anilines is 2. The molecule has 7 nitrogen and oxygen atoms in total. The highest BCUT2D eigenvalue weighted by Crippen LogP contribution is 2.13. The van der Waals surface area contributed by atoms with E-state index in [0.717, 1.165) is 12.1 Å². The van der Waals surface area contributed by atoms with Gasteiger partial charge in [-0.15, -0.1) is 0 Å². The van der Waals surface area contributed by atoms with Crippen LogP contribution in [0.4, 0.5) is 11.6 Å². The molecule has 0 bridgehead atoms. The van der Waals surface area contributed by atoms with E-state index in [1.165, 1.54) is 12.4 Å². The number of hydrogen-bond donors (Lipinski definition) is 2. The predicted octanol–water partition coefficient (Wildman–Crippen LogP) is 1.75. The molecule has 0 saturated carbocycles. The highest BCUT2D eigenvalue weighted by Gasteiger charge is 2.27. The molecule has 24 heavy (non-hydrogen) atoms. The lowest BCUT2D eigenvalue weighted by Gasteiger charge is -2.30. The first-order chi connectivity index (χ1) is 11.8. The van der Waals surface area contributed by atoms with Crippen LogP contribution in [0.1, 0.15) is 16.8 Å². The fourth-order valence-corrected chi connectivity index (χ4v) is 2.52. The van der Waals surface area contributed by atoms with Crippen molar-refractivity contribution in [3.8, 4) is 0 Å². The molecule has 2 N–H and O–H groups in total. The zero-order chi connectivity index (χ0) is 16.8. The minimum absolute atomic E-state index is 0.0710. The average Bonchev–Trinajstić information content (AvgIpc) is 2.63. The summed E-state index contributed by atoms with van der Waals surface area (Å²) < 4.78 is 10.7. The zero-order valence-corrected chi connectivity index (χ0v) is 13.4. The summed E-state index contributed by atoms with van der Waals surface area (Å²) in [7, 11) is 1.62. The Hall–Kier alpha value is -2.51. The molecular weight excluding hydrogens is 308 g/mol. The second kappa shape index (κ2) is 7.85. The van der Waals surface area contributed by atoms with E-state index >= 15 is 0 Å². The van der Waals surface area contributed by atoms with Crippen molar-refractivity contribution in [2.24, 2.45) is 0 Å². The lowest BCUT2D eigenvalue weighted by atomic mass is 10.1. The summed E-state index contributed by atoms with van der Waals surface area (Å²) in [6.07, 6.45) is 3.60. The second-order valence-corrected chi connectivity index (χ2v) is 5.50. The zero-order valence-electron chi connectivity index (χ0n) is 13.4. The Bertz CT molecular complexity index is 663. The maximum absolute atomic E-state index is 12.3. The van der Waals surface area contributed by atoms with Crippen LogP contribution < -0.4 is 10.6 Å². The molecule has 2 aromatic rings. The quantitative estimate of drug-likeness (QED) is 0.870. The first-order valence-corrected chi connectivity index (χ1v) is 7.82. The van der Waals surface area contributed by atoms with Gasteiger partial charge in [0.1, 0.15) is 6.10 Å². The fraction of sp³-hybridized carbons (Fsp3) is 0.353. The molecule has 2 heterocycles. The molecule has 126 valence electrons. The first kappa shape index (κ1) is 16.4. The maximum atomic E-state index is 12.3. The van der Waals surface area contributed by atoms with Gasteiger partial charge in [0.25, 0.3) is 5.91 Å². The van der Waals surface area contributed by atoms with Gasteiger partial charge in [-0.2, -0.15) is 0 Å². The summed E-state index contributed by atoms with van der Waals surface area (Å²) in [5.74, 6) is 0.230. The fourth-order valence-electron chi connectivity index (χ4n) is 2.52. The van der Waals surface area contributed by atoms with Gasteiger partial charge in [-0.05, 0) is 18.6 Å². The number of aromatic nitrogens is 2. The Morgan fingerprint density at radius 2 is 2.00 bits per heavy atom. The van der Waals surface area contributed by atoms with E-state index in [4.69, 9.17) is 9.47 Å². The molecule has 0 spiro atoms. The highest BCUT2D eigenvalue weighted by molar-refractivity contribution is 5.93. The molecule has 1 aliphatic heterocycles. The summed E-state index contributed by atoms with van der Waals surface area (Å²) in [6.45, 7) is 1.10. The molecule has 7 heteroatoms. The number of carbonyl (C=O) groups excluding carboxylic acids is 1. The van der Waals surface area contributed by atoms with Gasteiger partial charge in [-0.3, -0.25) is 4.79 Å². The number of para-hydroxylation sites is 1. The minimum atomic E-state index is -0.213. The third-order valence-electron chi connectivity index (χ3n) is 3.87. The van der Waals surface area contributed by atoms with E-state index in [1.807, 2.05) is 30.3 Å². The van der Waals surface area contributed by atoms with Crippen LogP contribution in [0.2, 0.25) is 0 Å². The largest absolute Gasteiger partial charge is 0.379 e. The summed E-state index contributed by atoms with van der Waals surface area (Å²) in [5.41, 5.74) is 1.30. The van der Waals surface area contributed by atoms with Crippen LogP contribution in [-0.2, 0) is 9.47 Å². The normalized spacial score (nSPS) is 20.4. The maximum Gasteiger partial charge on any atom is 0.254 e. The van der Waals surface area contributed by atoms with Gasteiger partial charge in [0.15, 0.2) is 0 Å². The van der Waals surface area contributed by atoms with E-state index in [0.29, 0.717) is 24.7 Å². The van der Waals surface area contributed by atoms with E-state index in [9.17, 15) is 4.79 Å². The Kier molecular flexibility index (Phi) is 5.35. The Balaban J connectivity index is 1.61. The number of hydrogen-bond acceptors (Lipinski definition) is 6. The van der Waals surface area contributed by atoms with Gasteiger partial charge in [-0.25, -0.2) is 9.97 Å². The summed E-state index contributed by atoms with van der Waals surface area (Å²) >= 11 is 0. The average molecular weight is 328 g/mol.